The Balaban J connectivity index is 1.32. The smallest absolute Gasteiger partial charge is 0.0971 e. The molecule has 0 saturated carbocycles. The first-order valence-corrected chi connectivity index (χ1v) is 11.0. The molecule has 2 heterocycles. The molecule has 0 unspecified atom stereocenters. The number of nitrogens with one attached hydrogen (secondary N) is 2. The first-order valence-electron chi connectivity index (χ1n) is 11.0. The van der Waals surface area contributed by atoms with Crippen molar-refractivity contribution in [3.63, 3.8) is 0 Å². The van der Waals surface area contributed by atoms with Gasteiger partial charge in [-0.15, -0.1) is 0 Å². The lowest BCUT2D eigenvalue weighted by atomic mass is 10.0. The molecule has 0 fully saturated rings. The predicted molar refractivity (Wildman–Crippen MR) is 114 cm³/mol. The normalized spacial score (nSPS) is 20.5. The van der Waals surface area contributed by atoms with Crippen molar-refractivity contribution in [2.45, 2.75) is 116 Å². The maximum atomic E-state index is 4.73. The quantitative estimate of drug-likeness (QED) is 0.441. The van der Waals surface area contributed by atoms with Gasteiger partial charge in [-0.2, -0.15) is 0 Å². The van der Waals surface area contributed by atoms with Crippen LogP contribution in [0.15, 0.2) is 9.98 Å². The van der Waals surface area contributed by atoms with Gasteiger partial charge in [-0.25, -0.2) is 0 Å². The Morgan fingerprint density at radius 1 is 0.577 bits per heavy atom. The van der Waals surface area contributed by atoms with Crippen LogP contribution in [-0.4, -0.2) is 35.8 Å². The van der Waals surface area contributed by atoms with Gasteiger partial charge in [0.05, 0.1) is 22.7 Å². The zero-order valence-electron chi connectivity index (χ0n) is 17.8. The van der Waals surface area contributed by atoms with E-state index in [1.807, 2.05) is 0 Å². The highest BCUT2D eigenvalue weighted by atomic mass is 15.1. The summed E-state index contributed by atoms with van der Waals surface area (Å²) in [6.45, 7) is 10.8. The van der Waals surface area contributed by atoms with Gasteiger partial charge in [0.25, 0.3) is 0 Å². The Morgan fingerprint density at radius 2 is 0.885 bits per heavy atom. The second kappa shape index (κ2) is 10.3. The van der Waals surface area contributed by atoms with Gasteiger partial charge in [0, 0.05) is 25.9 Å². The van der Waals surface area contributed by atoms with Crippen LogP contribution in [0.25, 0.3) is 0 Å². The third-order valence-corrected chi connectivity index (χ3v) is 5.40. The topological polar surface area (TPSA) is 48.8 Å². The standard InChI is InChI=1S/C22H42N4/c1-21(2)17-23-19(25-21)15-13-11-9-7-5-6-8-10-12-14-16-20-24-18-22(3,4)26-20/h5-18H2,1-4H3,(H,23,25)(H,24,26). The number of unbranched alkanes of at least 4 members (excludes halogenated alkanes) is 9. The van der Waals surface area contributed by atoms with E-state index in [-0.39, 0.29) is 11.1 Å². The summed E-state index contributed by atoms with van der Waals surface area (Å²) in [4.78, 5) is 9.46. The van der Waals surface area contributed by atoms with Gasteiger partial charge in [0.15, 0.2) is 0 Å². The van der Waals surface area contributed by atoms with Crippen LogP contribution in [0.4, 0.5) is 0 Å². The summed E-state index contributed by atoms with van der Waals surface area (Å²) >= 11 is 0. The number of rotatable bonds is 13. The van der Waals surface area contributed by atoms with E-state index in [9.17, 15) is 0 Å². The van der Waals surface area contributed by atoms with Crippen LogP contribution in [0.2, 0.25) is 0 Å². The molecule has 2 aliphatic heterocycles. The predicted octanol–water partition coefficient (Wildman–Crippen LogP) is 5.23. The molecule has 26 heavy (non-hydrogen) atoms. The van der Waals surface area contributed by atoms with Gasteiger partial charge < -0.3 is 10.6 Å². The summed E-state index contributed by atoms with van der Waals surface area (Å²) in [5, 5.41) is 6.89. The minimum absolute atomic E-state index is 0.118. The number of nitrogens with zero attached hydrogens (tertiary/aromatic N) is 2. The summed E-state index contributed by atoms with van der Waals surface area (Å²) in [7, 11) is 0. The van der Waals surface area contributed by atoms with E-state index in [1.54, 1.807) is 0 Å². The first-order chi connectivity index (χ1) is 12.4. The molecule has 0 aliphatic carbocycles. The molecular formula is C22H42N4. The van der Waals surface area contributed by atoms with Crippen molar-refractivity contribution in [3.8, 4) is 0 Å². The maximum absolute atomic E-state index is 4.73. The van der Waals surface area contributed by atoms with Gasteiger partial charge in [-0.3, -0.25) is 9.98 Å². The van der Waals surface area contributed by atoms with E-state index in [0.717, 1.165) is 25.9 Å². The first kappa shape index (κ1) is 21.2. The lowest BCUT2D eigenvalue weighted by Gasteiger charge is -2.09. The highest BCUT2D eigenvalue weighted by Gasteiger charge is 2.23. The summed E-state index contributed by atoms with van der Waals surface area (Å²) in [6, 6.07) is 0. The van der Waals surface area contributed by atoms with Crippen LogP contribution in [0.5, 0.6) is 0 Å². The van der Waals surface area contributed by atoms with Crippen LogP contribution >= 0.6 is 0 Å². The van der Waals surface area contributed by atoms with E-state index < -0.39 is 0 Å². The van der Waals surface area contributed by atoms with Crippen molar-refractivity contribution in [1.29, 1.82) is 0 Å². The Hall–Kier alpha value is -1.06. The molecule has 0 aromatic carbocycles. The molecule has 0 atom stereocenters. The molecule has 0 spiro atoms. The van der Waals surface area contributed by atoms with Crippen LogP contribution in [0, 0.1) is 0 Å². The number of hydrogen-bond acceptors (Lipinski definition) is 4. The average Bonchev–Trinajstić information content (AvgIpc) is 3.09. The zero-order valence-corrected chi connectivity index (χ0v) is 17.8. The Bertz CT molecular complexity index is 433. The molecule has 0 aromatic rings. The zero-order chi connectivity index (χ0) is 18.9. The molecule has 0 amide bonds. The fraction of sp³-hybridized carbons (Fsp3) is 0.909. The van der Waals surface area contributed by atoms with Crippen LogP contribution in [0.1, 0.15) is 105 Å². The van der Waals surface area contributed by atoms with Gasteiger partial charge >= 0.3 is 0 Å². The lowest BCUT2D eigenvalue weighted by molar-refractivity contribution is 0.549. The highest BCUT2D eigenvalue weighted by molar-refractivity contribution is 5.84. The summed E-state index contributed by atoms with van der Waals surface area (Å²) in [5.74, 6) is 2.47. The monoisotopic (exact) mass is 362 g/mol. The third-order valence-electron chi connectivity index (χ3n) is 5.40. The van der Waals surface area contributed by atoms with Crippen molar-refractivity contribution in [3.05, 3.63) is 0 Å². The van der Waals surface area contributed by atoms with Crippen LogP contribution in [-0.2, 0) is 0 Å². The van der Waals surface area contributed by atoms with Crippen LogP contribution < -0.4 is 10.6 Å². The van der Waals surface area contributed by atoms with E-state index >= 15 is 0 Å². The van der Waals surface area contributed by atoms with Crippen molar-refractivity contribution in [1.82, 2.24) is 10.6 Å². The third kappa shape index (κ3) is 8.55. The average molecular weight is 363 g/mol. The highest BCUT2D eigenvalue weighted by Crippen LogP contribution is 2.17. The SMILES string of the molecule is CC1(C)CNC(CCCCCCCCCCCCC2=NC(C)(C)CN2)=N1. The van der Waals surface area contributed by atoms with E-state index in [4.69, 9.17) is 9.98 Å². The molecule has 2 aliphatic rings. The van der Waals surface area contributed by atoms with Crippen LogP contribution in [0.3, 0.4) is 0 Å². The van der Waals surface area contributed by atoms with Crippen molar-refractivity contribution < 1.29 is 0 Å². The molecular weight excluding hydrogens is 320 g/mol. The lowest BCUT2D eigenvalue weighted by Crippen LogP contribution is -2.26. The molecule has 150 valence electrons. The molecule has 2 N–H and O–H groups in total. The molecule has 0 radical (unpaired) electrons. The Morgan fingerprint density at radius 3 is 1.15 bits per heavy atom. The molecule has 4 heteroatoms. The van der Waals surface area contributed by atoms with E-state index in [2.05, 4.69) is 38.3 Å². The number of hydrogen-bond donors (Lipinski definition) is 2. The minimum Gasteiger partial charge on any atom is -0.371 e. The maximum Gasteiger partial charge on any atom is 0.0971 e. The second-order valence-electron chi connectivity index (χ2n) is 9.48. The second-order valence-corrected chi connectivity index (χ2v) is 9.48. The van der Waals surface area contributed by atoms with E-state index in [0.29, 0.717) is 0 Å². The Kier molecular flexibility index (Phi) is 8.43. The summed E-state index contributed by atoms with van der Waals surface area (Å²) in [5.41, 5.74) is 0.236. The van der Waals surface area contributed by atoms with Gasteiger partial charge in [-0.05, 0) is 40.5 Å². The van der Waals surface area contributed by atoms with Gasteiger partial charge in [-0.1, -0.05) is 51.4 Å². The largest absolute Gasteiger partial charge is 0.371 e. The fourth-order valence-electron chi connectivity index (χ4n) is 3.81. The fourth-order valence-corrected chi connectivity index (χ4v) is 3.81. The van der Waals surface area contributed by atoms with Gasteiger partial charge in [0.1, 0.15) is 0 Å². The molecule has 0 aromatic heterocycles. The minimum atomic E-state index is 0.118. The van der Waals surface area contributed by atoms with E-state index in [1.165, 1.54) is 75.9 Å². The van der Waals surface area contributed by atoms with Crippen molar-refractivity contribution in [2.24, 2.45) is 9.98 Å². The molecule has 2 rings (SSSR count). The molecule has 0 saturated heterocycles. The molecule has 4 nitrogen and oxygen atoms in total. The summed E-state index contributed by atoms with van der Waals surface area (Å²) < 4.78 is 0. The number of aliphatic imine (C=N–C) groups is 2. The van der Waals surface area contributed by atoms with Crippen molar-refractivity contribution >= 4 is 11.7 Å². The summed E-state index contributed by atoms with van der Waals surface area (Å²) in [6.07, 6.45) is 16.0. The van der Waals surface area contributed by atoms with Crippen molar-refractivity contribution in [2.75, 3.05) is 13.1 Å². The van der Waals surface area contributed by atoms with Gasteiger partial charge in [0.2, 0.25) is 0 Å². The number of amidine groups is 2. The Labute approximate surface area is 161 Å². The molecule has 0 bridgehead atoms.